The van der Waals surface area contributed by atoms with Crippen molar-refractivity contribution in [2.45, 2.75) is 18.2 Å². The highest BCUT2D eigenvalue weighted by Crippen LogP contribution is 2.24. The molecule has 0 fully saturated rings. The highest BCUT2D eigenvalue weighted by molar-refractivity contribution is 9.10. The average Bonchev–Trinajstić information content (AvgIpc) is 2.30. The molecule has 0 aliphatic carbocycles. The van der Waals surface area contributed by atoms with Crippen molar-refractivity contribution >= 4 is 33.4 Å². The number of alkyl halides is 1. The standard InChI is InChI=1S/C12H15BrN2O3/c1-8(13)12(17)15-9-4-2-3-5-10(9)18-7-6-11(14)16/h2-5,8H,6-7H2,1H3,(H2,14,16)(H,15,17). The van der Waals surface area contributed by atoms with Crippen molar-refractivity contribution < 1.29 is 14.3 Å². The summed E-state index contributed by atoms with van der Waals surface area (Å²) >= 11 is 3.18. The quantitative estimate of drug-likeness (QED) is 0.783. The van der Waals surface area contributed by atoms with E-state index in [-0.39, 0.29) is 23.8 Å². The van der Waals surface area contributed by atoms with Gasteiger partial charge in [-0.1, -0.05) is 28.1 Å². The van der Waals surface area contributed by atoms with E-state index in [1.165, 1.54) is 0 Å². The minimum Gasteiger partial charge on any atom is -0.491 e. The van der Waals surface area contributed by atoms with Crippen LogP contribution in [-0.2, 0) is 9.59 Å². The molecule has 98 valence electrons. The highest BCUT2D eigenvalue weighted by atomic mass is 79.9. The zero-order valence-corrected chi connectivity index (χ0v) is 11.6. The molecule has 0 spiro atoms. The fourth-order valence-corrected chi connectivity index (χ4v) is 1.30. The number of para-hydroxylation sites is 2. The maximum absolute atomic E-state index is 11.6. The predicted molar refractivity (Wildman–Crippen MR) is 72.8 cm³/mol. The van der Waals surface area contributed by atoms with Gasteiger partial charge in [0, 0.05) is 0 Å². The number of ether oxygens (including phenoxy) is 1. The Morgan fingerprint density at radius 2 is 2.11 bits per heavy atom. The minimum absolute atomic E-state index is 0.136. The van der Waals surface area contributed by atoms with Crippen LogP contribution in [0.15, 0.2) is 24.3 Å². The lowest BCUT2D eigenvalue weighted by Gasteiger charge is -2.12. The van der Waals surface area contributed by atoms with E-state index in [2.05, 4.69) is 21.2 Å². The summed E-state index contributed by atoms with van der Waals surface area (Å²) in [5, 5.41) is 2.72. The molecule has 1 rings (SSSR count). The van der Waals surface area contributed by atoms with Crippen LogP contribution in [0.25, 0.3) is 0 Å². The van der Waals surface area contributed by atoms with E-state index in [4.69, 9.17) is 10.5 Å². The molecule has 1 aromatic carbocycles. The maximum Gasteiger partial charge on any atom is 0.237 e. The van der Waals surface area contributed by atoms with E-state index >= 15 is 0 Å². The molecule has 0 aromatic heterocycles. The smallest absolute Gasteiger partial charge is 0.237 e. The molecule has 0 radical (unpaired) electrons. The van der Waals surface area contributed by atoms with Gasteiger partial charge in [0.1, 0.15) is 5.75 Å². The second kappa shape index (κ2) is 7.00. The van der Waals surface area contributed by atoms with Crippen LogP contribution in [0, 0.1) is 0 Å². The van der Waals surface area contributed by atoms with Crippen LogP contribution >= 0.6 is 15.9 Å². The third kappa shape index (κ3) is 4.75. The summed E-state index contributed by atoms with van der Waals surface area (Å²) in [6.07, 6.45) is 0.136. The summed E-state index contributed by atoms with van der Waals surface area (Å²) in [5.41, 5.74) is 5.59. The third-order valence-corrected chi connectivity index (χ3v) is 2.53. The van der Waals surface area contributed by atoms with Crippen LogP contribution in [0.4, 0.5) is 5.69 Å². The van der Waals surface area contributed by atoms with Gasteiger partial charge in [0.2, 0.25) is 11.8 Å². The first-order valence-corrected chi connectivity index (χ1v) is 6.37. The fraction of sp³-hybridized carbons (Fsp3) is 0.333. The van der Waals surface area contributed by atoms with Crippen molar-refractivity contribution in [2.24, 2.45) is 5.73 Å². The molecule has 1 atom stereocenters. The Hall–Kier alpha value is -1.56. The number of benzene rings is 1. The van der Waals surface area contributed by atoms with E-state index in [1.807, 2.05) is 0 Å². The first kappa shape index (κ1) is 14.5. The number of carbonyl (C=O) groups excluding carboxylic acids is 2. The molecule has 6 heteroatoms. The number of primary amides is 1. The zero-order chi connectivity index (χ0) is 13.5. The molecule has 1 unspecified atom stereocenters. The lowest BCUT2D eigenvalue weighted by molar-refractivity contribution is -0.118. The Bertz CT molecular complexity index is 435. The molecular formula is C12H15BrN2O3. The SMILES string of the molecule is CC(Br)C(=O)Nc1ccccc1OCCC(N)=O. The van der Waals surface area contributed by atoms with Gasteiger partial charge in [0.15, 0.2) is 0 Å². The van der Waals surface area contributed by atoms with Gasteiger partial charge >= 0.3 is 0 Å². The molecule has 0 saturated heterocycles. The number of hydrogen-bond acceptors (Lipinski definition) is 3. The molecule has 1 aromatic rings. The molecular weight excluding hydrogens is 300 g/mol. The predicted octanol–water partition coefficient (Wildman–Crippen LogP) is 1.66. The van der Waals surface area contributed by atoms with Crippen LogP contribution in [0.5, 0.6) is 5.75 Å². The van der Waals surface area contributed by atoms with Gasteiger partial charge in [0.05, 0.1) is 23.5 Å². The van der Waals surface area contributed by atoms with E-state index in [0.717, 1.165) is 0 Å². The number of nitrogens with one attached hydrogen (secondary N) is 1. The van der Waals surface area contributed by atoms with Crippen LogP contribution in [-0.4, -0.2) is 23.2 Å². The van der Waals surface area contributed by atoms with Crippen LogP contribution in [0.1, 0.15) is 13.3 Å². The van der Waals surface area contributed by atoms with E-state index in [0.29, 0.717) is 11.4 Å². The Kier molecular flexibility index (Phi) is 5.64. The first-order chi connectivity index (χ1) is 8.50. The molecule has 3 N–H and O–H groups in total. The van der Waals surface area contributed by atoms with Gasteiger partial charge in [-0.15, -0.1) is 0 Å². The fourth-order valence-electron chi connectivity index (χ4n) is 1.19. The lowest BCUT2D eigenvalue weighted by atomic mass is 10.3. The number of anilines is 1. The number of nitrogens with two attached hydrogens (primary N) is 1. The molecule has 18 heavy (non-hydrogen) atoms. The van der Waals surface area contributed by atoms with Gasteiger partial charge in [-0.25, -0.2) is 0 Å². The monoisotopic (exact) mass is 314 g/mol. The first-order valence-electron chi connectivity index (χ1n) is 5.45. The summed E-state index contributed by atoms with van der Waals surface area (Å²) in [6.45, 7) is 1.91. The van der Waals surface area contributed by atoms with Crippen molar-refractivity contribution in [3.63, 3.8) is 0 Å². The van der Waals surface area contributed by atoms with Gasteiger partial charge in [-0.3, -0.25) is 9.59 Å². The van der Waals surface area contributed by atoms with Gasteiger partial charge in [-0.05, 0) is 19.1 Å². The number of amides is 2. The number of hydrogen-bond donors (Lipinski definition) is 2. The van der Waals surface area contributed by atoms with E-state index in [9.17, 15) is 9.59 Å². The van der Waals surface area contributed by atoms with Gasteiger partial charge in [0.25, 0.3) is 0 Å². The van der Waals surface area contributed by atoms with Crippen molar-refractivity contribution in [1.29, 1.82) is 0 Å². The Morgan fingerprint density at radius 3 is 2.72 bits per heavy atom. The molecule has 5 nitrogen and oxygen atoms in total. The van der Waals surface area contributed by atoms with Crippen molar-refractivity contribution in [3.05, 3.63) is 24.3 Å². The Balaban J connectivity index is 2.67. The average molecular weight is 315 g/mol. The number of halogens is 1. The molecule has 0 bridgehead atoms. The van der Waals surface area contributed by atoms with Gasteiger partial charge < -0.3 is 15.8 Å². The summed E-state index contributed by atoms with van der Waals surface area (Å²) in [7, 11) is 0. The number of rotatable bonds is 6. The lowest BCUT2D eigenvalue weighted by Crippen LogP contribution is -2.20. The topological polar surface area (TPSA) is 81.4 Å². The zero-order valence-electron chi connectivity index (χ0n) is 9.98. The Morgan fingerprint density at radius 1 is 1.44 bits per heavy atom. The third-order valence-electron chi connectivity index (χ3n) is 2.11. The number of carbonyl (C=O) groups is 2. The van der Waals surface area contributed by atoms with Gasteiger partial charge in [-0.2, -0.15) is 0 Å². The summed E-state index contributed by atoms with van der Waals surface area (Å²) < 4.78 is 5.40. The molecule has 0 aliphatic heterocycles. The minimum atomic E-state index is -0.425. The second-order valence-corrected chi connectivity index (χ2v) is 5.04. The summed E-state index contributed by atoms with van der Waals surface area (Å²) in [5.74, 6) is -0.0770. The highest BCUT2D eigenvalue weighted by Gasteiger charge is 2.11. The summed E-state index contributed by atoms with van der Waals surface area (Å²) in [4.78, 5) is 21.9. The normalized spacial score (nSPS) is 11.7. The van der Waals surface area contributed by atoms with Crippen molar-refractivity contribution in [1.82, 2.24) is 0 Å². The Labute approximate surface area is 114 Å². The van der Waals surface area contributed by atoms with Crippen molar-refractivity contribution in [2.75, 3.05) is 11.9 Å². The van der Waals surface area contributed by atoms with Crippen LogP contribution in [0.3, 0.4) is 0 Å². The molecule has 0 heterocycles. The molecule has 2 amide bonds. The molecule has 0 aliphatic rings. The second-order valence-electron chi connectivity index (χ2n) is 3.67. The van der Waals surface area contributed by atoms with Crippen molar-refractivity contribution in [3.8, 4) is 5.75 Å². The van der Waals surface area contributed by atoms with E-state index < -0.39 is 5.91 Å². The van der Waals surface area contributed by atoms with Crippen LogP contribution in [0.2, 0.25) is 0 Å². The molecule has 0 saturated carbocycles. The maximum atomic E-state index is 11.6. The largest absolute Gasteiger partial charge is 0.491 e. The van der Waals surface area contributed by atoms with Crippen LogP contribution < -0.4 is 15.8 Å². The summed E-state index contributed by atoms with van der Waals surface area (Å²) in [6, 6.07) is 7.02. The van der Waals surface area contributed by atoms with E-state index in [1.54, 1.807) is 31.2 Å².